The molecule has 1 rings (SSSR count). The highest BCUT2D eigenvalue weighted by Crippen LogP contribution is 2.30. The van der Waals surface area contributed by atoms with Gasteiger partial charge in [0.25, 0.3) is 0 Å². The van der Waals surface area contributed by atoms with Crippen molar-refractivity contribution in [2.45, 2.75) is 31.2 Å². The molecule has 0 aromatic heterocycles. The number of nitrogens with zero attached hydrogens (tertiary/aromatic N) is 2. The molecular weight excluding hydrogens is 234 g/mol. The second-order valence-electron chi connectivity index (χ2n) is 5.25. The van der Waals surface area contributed by atoms with Gasteiger partial charge in [-0.2, -0.15) is 0 Å². The lowest BCUT2D eigenvalue weighted by Crippen LogP contribution is -2.56. The summed E-state index contributed by atoms with van der Waals surface area (Å²) in [5, 5.41) is 12.0. The van der Waals surface area contributed by atoms with Gasteiger partial charge in [-0.1, -0.05) is 12.8 Å². The zero-order valence-corrected chi connectivity index (χ0v) is 11.4. The maximum Gasteiger partial charge on any atom is 0.329 e. The Morgan fingerprint density at radius 1 is 1.17 bits per heavy atom. The van der Waals surface area contributed by atoms with Crippen LogP contribution < -0.4 is 5.32 Å². The SMILES string of the molecule is CN(C)CCN(C)C(=O)NC1(C(=O)O)CCCC1. The first-order valence-corrected chi connectivity index (χ1v) is 6.29. The first-order valence-electron chi connectivity index (χ1n) is 6.29. The molecule has 0 radical (unpaired) electrons. The number of amides is 2. The van der Waals surface area contributed by atoms with Gasteiger partial charge in [0.1, 0.15) is 5.54 Å². The van der Waals surface area contributed by atoms with Crippen LogP contribution in [0, 0.1) is 0 Å². The van der Waals surface area contributed by atoms with E-state index in [2.05, 4.69) is 5.32 Å². The molecule has 0 unspecified atom stereocenters. The summed E-state index contributed by atoms with van der Waals surface area (Å²) < 4.78 is 0. The highest BCUT2D eigenvalue weighted by atomic mass is 16.4. The third kappa shape index (κ3) is 3.60. The summed E-state index contributed by atoms with van der Waals surface area (Å²) in [6, 6.07) is -0.304. The lowest BCUT2D eigenvalue weighted by atomic mass is 9.98. The third-order valence-electron chi connectivity index (χ3n) is 3.44. The number of carboxylic acids is 1. The summed E-state index contributed by atoms with van der Waals surface area (Å²) in [5.41, 5.74) is -1.05. The van der Waals surface area contributed by atoms with Crippen LogP contribution in [0.15, 0.2) is 0 Å². The van der Waals surface area contributed by atoms with Gasteiger partial charge >= 0.3 is 12.0 Å². The zero-order valence-electron chi connectivity index (χ0n) is 11.4. The number of hydrogen-bond donors (Lipinski definition) is 2. The van der Waals surface area contributed by atoms with Crippen LogP contribution in [0.2, 0.25) is 0 Å². The second-order valence-corrected chi connectivity index (χ2v) is 5.25. The van der Waals surface area contributed by atoms with E-state index in [0.717, 1.165) is 19.4 Å². The van der Waals surface area contributed by atoms with Crippen LogP contribution in [-0.4, -0.2) is 66.7 Å². The maximum absolute atomic E-state index is 12.0. The van der Waals surface area contributed by atoms with Crippen molar-refractivity contribution in [3.8, 4) is 0 Å². The Balaban J connectivity index is 2.54. The first-order chi connectivity index (χ1) is 8.37. The number of likely N-dealkylation sites (N-methyl/N-ethyl adjacent to an activating group) is 2. The van der Waals surface area contributed by atoms with E-state index >= 15 is 0 Å². The van der Waals surface area contributed by atoms with E-state index in [0.29, 0.717) is 19.4 Å². The Bertz CT molecular complexity index is 312. The fraction of sp³-hybridized carbons (Fsp3) is 0.833. The van der Waals surface area contributed by atoms with Gasteiger partial charge in [0.15, 0.2) is 0 Å². The topological polar surface area (TPSA) is 72.9 Å². The predicted molar refractivity (Wildman–Crippen MR) is 68.6 cm³/mol. The van der Waals surface area contributed by atoms with E-state index in [9.17, 15) is 14.7 Å². The molecule has 0 atom stereocenters. The van der Waals surface area contributed by atoms with Gasteiger partial charge in [0.05, 0.1) is 0 Å². The normalized spacial score (nSPS) is 17.8. The van der Waals surface area contributed by atoms with Gasteiger partial charge in [-0.15, -0.1) is 0 Å². The monoisotopic (exact) mass is 257 g/mol. The molecule has 6 nitrogen and oxygen atoms in total. The summed E-state index contributed by atoms with van der Waals surface area (Å²) >= 11 is 0. The van der Waals surface area contributed by atoms with Crippen molar-refractivity contribution < 1.29 is 14.7 Å². The molecule has 1 fully saturated rings. The number of hydrogen-bond acceptors (Lipinski definition) is 3. The second kappa shape index (κ2) is 6.04. The number of aliphatic carboxylic acids is 1. The van der Waals surface area contributed by atoms with Crippen molar-refractivity contribution in [1.29, 1.82) is 0 Å². The quantitative estimate of drug-likeness (QED) is 0.756. The molecule has 0 aliphatic heterocycles. The van der Waals surface area contributed by atoms with E-state index in [1.54, 1.807) is 7.05 Å². The van der Waals surface area contributed by atoms with Crippen molar-refractivity contribution in [2.75, 3.05) is 34.2 Å². The molecular formula is C12H23N3O3. The lowest BCUT2D eigenvalue weighted by Gasteiger charge is -2.29. The highest BCUT2D eigenvalue weighted by molar-refractivity contribution is 5.86. The van der Waals surface area contributed by atoms with Crippen LogP contribution in [0.4, 0.5) is 4.79 Å². The number of urea groups is 1. The highest BCUT2D eigenvalue weighted by Gasteiger charge is 2.43. The van der Waals surface area contributed by atoms with Crippen LogP contribution in [0.3, 0.4) is 0 Å². The molecule has 0 spiro atoms. The molecule has 1 aliphatic carbocycles. The van der Waals surface area contributed by atoms with Gasteiger partial charge in [-0.3, -0.25) is 0 Å². The summed E-state index contributed by atoms with van der Waals surface area (Å²) in [5.74, 6) is -0.922. The Hall–Kier alpha value is -1.30. The van der Waals surface area contributed by atoms with Gasteiger partial charge < -0.3 is 20.2 Å². The number of nitrogens with one attached hydrogen (secondary N) is 1. The minimum absolute atomic E-state index is 0.304. The summed E-state index contributed by atoms with van der Waals surface area (Å²) in [7, 11) is 5.55. The van der Waals surface area contributed by atoms with Crippen molar-refractivity contribution in [2.24, 2.45) is 0 Å². The molecule has 0 aromatic carbocycles. The third-order valence-corrected chi connectivity index (χ3v) is 3.44. The minimum Gasteiger partial charge on any atom is -0.480 e. The van der Waals surface area contributed by atoms with Gasteiger partial charge in [-0.05, 0) is 26.9 Å². The van der Waals surface area contributed by atoms with Crippen molar-refractivity contribution in [1.82, 2.24) is 15.1 Å². The molecule has 18 heavy (non-hydrogen) atoms. The van der Waals surface area contributed by atoms with Crippen LogP contribution in [0.5, 0.6) is 0 Å². The largest absolute Gasteiger partial charge is 0.480 e. The van der Waals surface area contributed by atoms with Crippen LogP contribution in [0.25, 0.3) is 0 Å². The number of carboxylic acid groups (broad SMARTS) is 1. The minimum atomic E-state index is -1.05. The predicted octanol–water partition coefficient (Wildman–Crippen LogP) is 0.587. The summed E-state index contributed by atoms with van der Waals surface area (Å²) in [6.07, 6.45) is 2.76. The van der Waals surface area contributed by atoms with Crippen molar-refractivity contribution >= 4 is 12.0 Å². The smallest absolute Gasteiger partial charge is 0.329 e. The molecule has 6 heteroatoms. The number of carbonyl (C=O) groups is 2. The number of carbonyl (C=O) groups excluding carboxylic acids is 1. The summed E-state index contributed by atoms with van der Waals surface area (Å²) in [4.78, 5) is 26.8. The molecule has 0 heterocycles. The van der Waals surface area contributed by atoms with Crippen LogP contribution in [0.1, 0.15) is 25.7 Å². The Morgan fingerprint density at radius 2 is 1.72 bits per heavy atom. The lowest BCUT2D eigenvalue weighted by molar-refractivity contribution is -0.144. The average molecular weight is 257 g/mol. The molecule has 0 saturated heterocycles. The maximum atomic E-state index is 12.0. The van der Waals surface area contributed by atoms with Crippen molar-refractivity contribution in [3.05, 3.63) is 0 Å². The van der Waals surface area contributed by atoms with E-state index < -0.39 is 11.5 Å². The molecule has 1 aliphatic rings. The zero-order chi connectivity index (χ0) is 13.8. The number of rotatable bonds is 5. The summed E-state index contributed by atoms with van der Waals surface area (Å²) in [6.45, 7) is 1.33. The fourth-order valence-corrected chi connectivity index (χ4v) is 2.12. The molecule has 1 saturated carbocycles. The van der Waals surface area contributed by atoms with E-state index in [-0.39, 0.29) is 6.03 Å². The Kier molecular flexibility index (Phi) is 4.95. The van der Waals surface area contributed by atoms with Gasteiger partial charge in [-0.25, -0.2) is 9.59 Å². The Labute approximate surface area is 108 Å². The van der Waals surface area contributed by atoms with Crippen LogP contribution in [-0.2, 0) is 4.79 Å². The van der Waals surface area contributed by atoms with E-state index in [1.165, 1.54) is 4.90 Å². The van der Waals surface area contributed by atoms with Crippen LogP contribution >= 0.6 is 0 Å². The van der Waals surface area contributed by atoms with E-state index in [4.69, 9.17) is 0 Å². The van der Waals surface area contributed by atoms with Gasteiger partial charge in [0.2, 0.25) is 0 Å². The van der Waals surface area contributed by atoms with Gasteiger partial charge in [0, 0.05) is 20.1 Å². The van der Waals surface area contributed by atoms with E-state index in [1.807, 2.05) is 19.0 Å². The molecule has 2 N–H and O–H groups in total. The molecule has 0 bridgehead atoms. The first kappa shape index (κ1) is 14.8. The molecule has 0 aromatic rings. The standard InChI is InChI=1S/C12H23N3O3/c1-14(2)8-9-15(3)11(18)13-12(10(16)17)6-4-5-7-12/h4-9H2,1-3H3,(H,13,18)(H,16,17). The molecule has 104 valence electrons. The fourth-order valence-electron chi connectivity index (χ4n) is 2.12. The molecule has 2 amide bonds. The van der Waals surface area contributed by atoms with Crippen molar-refractivity contribution in [3.63, 3.8) is 0 Å². The Morgan fingerprint density at radius 3 is 2.17 bits per heavy atom. The average Bonchev–Trinajstić information content (AvgIpc) is 2.75.